The minimum Gasteiger partial charge on any atom is -0.354 e. The molecule has 0 radical (unpaired) electrons. The van der Waals surface area contributed by atoms with Crippen LogP contribution in [0.1, 0.15) is 57.8 Å². The third-order valence-electron chi connectivity index (χ3n) is 5.36. The van der Waals surface area contributed by atoms with Crippen molar-refractivity contribution in [3.8, 4) is 0 Å². The van der Waals surface area contributed by atoms with Crippen LogP contribution in [0.25, 0.3) is 0 Å². The predicted molar refractivity (Wildman–Crippen MR) is 114 cm³/mol. The summed E-state index contributed by atoms with van der Waals surface area (Å²) in [5.41, 5.74) is 2.53. The molecule has 6 heteroatoms. The molecule has 1 saturated heterocycles. The Bertz CT molecular complexity index is 817. The Balaban J connectivity index is 1.63. The molecule has 1 aliphatic rings. The van der Waals surface area contributed by atoms with Gasteiger partial charge in [-0.1, -0.05) is 30.3 Å². The fourth-order valence-corrected chi connectivity index (χ4v) is 3.72. The molecule has 0 saturated carbocycles. The average Bonchev–Trinajstić information content (AvgIpc) is 2.77. The first kappa shape index (κ1) is 21.0. The normalized spacial score (nSPS) is 14.4. The van der Waals surface area contributed by atoms with Gasteiger partial charge in [-0.05, 0) is 62.4 Å². The first-order valence-corrected chi connectivity index (χ1v) is 10.4. The smallest absolute Gasteiger partial charge is 0.269 e. The number of carbonyl (C=O) groups is 2. The summed E-state index contributed by atoms with van der Waals surface area (Å²) in [5.74, 6) is 0.309. The van der Waals surface area contributed by atoms with Gasteiger partial charge in [-0.3, -0.25) is 9.59 Å². The van der Waals surface area contributed by atoms with Gasteiger partial charge in [-0.15, -0.1) is 0 Å². The number of hydrogen-bond donors (Lipinski definition) is 3. The van der Waals surface area contributed by atoms with E-state index in [4.69, 9.17) is 0 Å². The van der Waals surface area contributed by atoms with Gasteiger partial charge in [0.05, 0.1) is 0 Å². The van der Waals surface area contributed by atoms with Crippen LogP contribution in [0.15, 0.2) is 42.5 Å². The molecule has 2 heterocycles. The third kappa shape index (κ3) is 6.39. The minimum absolute atomic E-state index is 0.155. The molecule has 1 fully saturated rings. The number of nitrogens with zero attached hydrogens (tertiary/aromatic N) is 1. The SMILES string of the molecule is CNC(=O)c1cc(C(=O)NCCCC2CCNCC2)cc(Cc2ccccc2)n1. The highest BCUT2D eigenvalue weighted by Crippen LogP contribution is 2.17. The summed E-state index contributed by atoms with van der Waals surface area (Å²) in [6.45, 7) is 2.84. The van der Waals surface area contributed by atoms with Crippen molar-refractivity contribution in [1.29, 1.82) is 0 Å². The molecular formula is C23H30N4O2. The van der Waals surface area contributed by atoms with Gasteiger partial charge >= 0.3 is 0 Å². The maximum absolute atomic E-state index is 12.7. The molecule has 1 aromatic carbocycles. The highest BCUT2D eigenvalue weighted by Gasteiger charge is 2.15. The second-order valence-corrected chi connectivity index (χ2v) is 7.57. The van der Waals surface area contributed by atoms with Crippen LogP contribution in [0, 0.1) is 5.92 Å². The van der Waals surface area contributed by atoms with E-state index in [9.17, 15) is 9.59 Å². The summed E-state index contributed by atoms with van der Waals surface area (Å²) in [4.78, 5) is 29.2. The molecule has 3 rings (SSSR count). The van der Waals surface area contributed by atoms with Crippen LogP contribution in [0.4, 0.5) is 0 Å². The van der Waals surface area contributed by atoms with Crippen molar-refractivity contribution < 1.29 is 9.59 Å². The molecule has 1 aliphatic heterocycles. The maximum Gasteiger partial charge on any atom is 0.269 e. The minimum atomic E-state index is -0.292. The van der Waals surface area contributed by atoms with Crippen LogP contribution in [0.3, 0.4) is 0 Å². The van der Waals surface area contributed by atoms with Crippen molar-refractivity contribution in [1.82, 2.24) is 20.9 Å². The Morgan fingerprint density at radius 2 is 1.86 bits per heavy atom. The van der Waals surface area contributed by atoms with Gasteiger partial charge in [0.25, 0.3) is 11.8 Å². The van der Waals surface area contributed by atoms with E-state index in [1.54, 1.807) is 19.2 Å². The Labute approximate surface area is 172 Å². The topological polar surface area (TPSA) is 83.1 Å². The molecule has 2 aromatic rings. The lowest BCUT2D eigenvalue weighted by atomic mass is 9.93. The molecule has 6 nitrogen and oxygen atoms in total. The Kier molecular flexibility index (Phi) is 7.76. The maximum atomic E-state index is 12.7. The van der Waals surface area contributed by atoms with Crippen LogP contribution in [-0.2, 0) is 6.42 Å². The summed E-state index contributed by atoms with van der Waals surface area (Å²) >= 11 is 0. The van der Waals surface area contributed by atoms with E-state index < -0.39 is 0 Å². The van der Waals surface area contributed by atoms with Crippen molar-refractivity contribution in [2.45, 2.75) is 32.1 Å². The number of amides is 2. The second-order valence-electron chi connectivity index (χ2n) is 7.57. The molecule has 0 atom stereocenters. The monoisotopic (exact) mass is 394 g/mol. The molecule has 0 aliphatic carbocycles. The van der Waals surface area contributed by atoms with E-state index in [1.807, 2.05) is 30.3 Å². The number of benzene rings is 1. The summed E-state index contributed by atoms with van der Waals surface area (Å²) in [7, 11) is 1.56. The highest BCUT2D eigenvalue weighted by atomic mass is 16.2. The average molecular weight is 395 g/mol. The fraction of sp³-hybridized carbons (Fsp3) is 0.435. The molecule has 29 heavy (non-hydrogen) atoms. The van der Waals surface area contributed by atoms with Gasteiger partial charge in [0.15, 0.2) is 0 Å². The number of nitrogens with one attached hydrogen (secondary N) is 3. The summed E-state index contributed by atoms with van der Waals surface area (Å²) in [6, 6.07) is 13.3. The standard InChI is InChI=1S/C23H30N4O2/c1-24-23(29)21-16-19(15-20(27-21)14-18-6-3-2-4-7-18)22(28)26-11-5-8-17-9-12-25-13-10-17/h2-4,6-7,15-17,25H,5,8-14H2,1H3,(H,24,29)(H,26,28). The van der Waals surface area contributed by atoms with E-state index in [-0.39, 0.29) is 17.5 Å². The van der Waals surface area contributed by atoms with Crippen molar-refractivity contribution in [2.75, 3.05) is 26.7 Å². The number of piperidine rings is 1. The number of carbonyl (C=O) groups excluding carboxylic acids is 2. The van der Waals surface area contributed by atoms with Crippen LogP contribution < -0.4 is 16.0 Å². The third-order valence-corrected chi connectivity index (χ3v) is 5.36. The molecule has 154 valence electrons. The number of aromatic nitrogens is 1. The van der Waals surface area contributed by atoms with E-state index >= 15 is 0 Å². The predicted octanol–water partition coefficient (Wildman–Crippen LogP) is 2.54. The lowest BCUT2D eigenvalue weighted by Gasteiger charge is -2.22. The fourth-order valence-electron chi connectivity index (χ4n) is 3.72. The van der Waals surface area contributed by atoms with Gasteiger partial charge in [-0.25, -0.2) is 4.98 Å². The largest absolute Gasteiger partial charge is 0.354 e. The first-order chi connectivity index (χ1) is 14.2. The van der Waals surface area contributed by atoms with Crippen LogP contribution in [-0.4, -0.2) is 43.5 Å². The zero-order valence-electron chi connectivity index (χ0n) is 17.0. The molecule has 0 bridgehead atoms. The molecule has 1 aromatic heterocycles. The van der Waals surface area contributed by atoms with Gasteiger partial charge in [0, 0.05) is 31.3 Å². The van der Waals surface area contributed by atoms with Gasteiger partial charge in [0.1, 0.15) is 5.69 Å². The van der Waals surface area contributed by atoms with Gasteiger partial charge < -0.3 is 16.0 Å². The quantitative estimate of drug-likeness (QED) is 0.601. The molecular weight excluding hydrogens is 364 g/mol. The summed E-state index contributed by atoms with van der Waals surface area (Å²) in [5, 5.41) is 8.97. The lowest BCUT2D eigenvalue weighted by molar-refractivity contribution is 0.0952. The van der Waals surface area contributed by atoms with Gasteiger partial charge in [-0.2, -0.15) is 0 Å². The van der Waals surface area contributed by atoms with Crippen molar-refractivity contribution in [3.05, 3.63) is 65.0 Å². The Morgan fingerprint density at radius 3 is 2.59 bits per heavy atom. The molecule has 3 N–H and O–H groups in total. The van der Waals surface area contributed by atoms with Crippen LogP contribution in [0.2, 0.25) is 0 Å². The zero-order valence-corrected chi connectivity index (χ0v) is 17.0. The van der Waals surface area contributed by atoms with Crippen LogP contribution in [0.5, 0.6) is 0 Å². The Morgan fingerprint density at radius 1 is 1.10 bits per heavy atom. The first-order valence-electron chi connectivity index (χ1n) is 10.4. The molecule has 0 unspecified atom stereocenters. The highest BCUT2D eigenvalue weighted by molar-refractivity contribution is 5.98. The van der Waals surface area contributed by atoms with Crippen LogP contribution >= 0.6 is 0 Å². The van der Waals surface area contributed by atoms with E-state index in [0.717, 1.165) is 37.4 Å². The van der Waals surface area contributed by atoms with Gasteiger partial charge in [0.2, 0.25) is 0 Å². The zero-order chi connectivity index (χ0) is 20.5. The lowest BCUT2D eigenvalue weighted by Crippen LogP contribution is -2.29. The van der Waals surface area contributed by atoms with Crippen molar-refractivity contribution in [2.24, 2.45) is 5.92 Å². The summed E-state index contributed by atoms with van der Waals surface area (Å²) in [6.07, 6.45) is 5.12. The van der Waals surface area contributed by atoms with E-state index in [1.165, 1.54) is 12.8 Å². The Hall–Kier alpha value is -2.73. The van der Waals surface area contributed by atoms with E-state index in [2.05, 4.69) is 20.9 Å². The number of pyridine rings is 1. The molecule has 0 spiro atoms. The van der Waals surface area contributed by atoms with Crippen molar-refractivity contribution in [3.63, 3.8) is 0 Å². The number of rotatable bonds is 8. The second kappa shape index (κ2) is 10.7. The number of hydrogen-bond acceptors (Lipinski definition) is 4. The summed E-state index contributed by atoms with van der Waals surface area (Å²) < 4.78 is 0. The van der Waals surface area contributed by atoms with E-state index in [0.29, 0.717) is 24.2 Å². The molecule has 2 amide bonds. The van der Waals surface area contributed by atoms with Crippen molar-refractivity contribution >= 4 is 11.8 Å².